The van der Waals surface area contributed by atoms with Crippen LogP contribution >= 0.6 is 0 Å². The third-order valence-electron chi connectivity index (χ3n) is 3.50. The standard InChI is InChI=1S/C13H23N3O4/c1-8(2)10(15-13(14)19)11(17)16-6-4-5-9(7-16)12(18)20-3/h8-10H,4-7H2,1-3H3,(H3,14,15,19)/t9-,10?/m0/s1. The van der Waals surface area contributed by atoms with Crippen molar-refractivity contribution in [1.82, 2.24) is 10.2 Å². The zero-order valence-electron chi connectivity index (χ0n) is 12.2. The molecule has 1 fully saturated rings. The summed E-state index contributed by atoms with van der Waals surface area (Å²) >= 11 is 0. The second kappa shape index (κ2) is 7.12. The summed E-state index contributed by atoms with van der Waals surface area (Å²) in [5.74, 6) is -0.869. The number of carbonyl (C=O) groups is 3. The lowest BCUT2D eigenvalue weighted by atomic mass is 9.96. The predicted octanol–water partition coefficient (Wildman–Crippen LogP) is 0.0909. The second-order valence-corrected chi connectivity index (χ2v) is 5.38. The third-order valence-corrected chi connectivity index (χ3v) is 3.50. The van der Waals surface area contributed by atoms with Gasteiger partial charge < -0.3 is 20.7 Å². The van der Waals surface area contributed by atoms with Crippen LogP contribution in [0.5, 0.6) is 0 Å². The number of primary amides is 1. The Balaban J connectivity index is 2.73. The minimum absolute atomic E-state index is 0.0755. The van der Waals surface area contributed by atoms with Crippen LogP contribution in [-0.2, 0) is 14.3 Å². The molecule has 0 radical (unpaired) electrons. The Kier molecular flexibility index (Phi) is 5.79. The van der Waals surface area contributed by atoms with Crippen molar-refractivity contribution in [2.75, 3.05) is 20.2 Å². The van der Waals surface area contributed by atoms with Crippen LogP contribution in [0.15, 0.2) is 0 Å². The van der Waals surface area contributed by atoms with Crippen molar-refractivity contribution in [2.45, 2.75) is 32.7 Å². The first-order valence-electron chi connectivity index (χ1n) is 6.79. The molecule has 1 rings (SSSR count). The van der Waals surface area contributed by atoms with Gasteiger partial charge in [0.15, 0.2) is 0 Å². The molecule has 3 N–H and O–H groups in total. The number of nitrogens with one attached hydrogen (secondary N) is 1. The Hall–Kier alpha value is -1.79. The number of nitrogens with two attached hydrogens (primary N) is 1. The number of ether oxygens (including phenoxy) is 1. The van der Waals surface area contributed by atoms with Gasteiger partial charge in [0.25, 0.3) is 0 Å². The maximum absolute atomic E-state index is 12.4. The number of rotatable bonds is 4. The van der Waals surface area contributed by atoms with Crippen LogP contribution in [0, 0.1) is 11.8 Å². The zero-order chi connectivity index (χ0) is 15.3. The zero-order valence-corrected chi connectivity index (χ0v) is 12.2. The first kappa shape index (κ1) is 16.3. The molecule has 0 saturated carbocycles. The van der Waals surface area contributed by atoms with Crippen LogP contribution in [-0.4, -0.2) is 49.0 Å². The van der Waals surface area contributed by atoms with Crippen molar-refractivity contribution >= 4 is 17.9 Å². The molecule has 1 heterocycles. The molecule has 0 aromatic heterocycles. The maximum atomic E-state index is 12.4. The van der Waals surface area contributed by atoms with Gasteiger partial charge in [0.1, 0.15) is 6.04 Å². The highest BCUT2D eigenvalue weighted by Crippen LogP contribution is 2.19. The summed E-state index contributed by atoms with van der Waals surface area (Å²) in [6.45, 7) is 4.58. The normalized spacial score (nSPS) is 20.4. The molecule has 1 unspecified atom stereocenters. The van der Waals surface area contributed by atoms with Crippen molar-refractivity contribution < 1.29 is 19.1 Å². The summed E-state index contributed by atoms with van der Waals surface area (Å²) in [5.41, 5.74) is 5.10. The van der Waals surface area contributed by atoms with E-state index < -0.39 is 12.1 Å². The Labute approximate surface area is 118 Å². The fourth-order valence-electron chi connectivity index (χ4n) is 2.40. The molecule has 0 bridgehead atoms. The number of urea groups is 1. The van der Waals surface area contributed by atoms with E-state index in [0.29, 0.717) is 19.5 Å². The minimum atomic E-state index is -0.724. The van der Waals surface area contributed by atoms with E-state index in [4.69, 9.17) is 10.5 Å². The van der Waals surface area contributed by atoms with Crippen molar-refractivity contribution in [3.63, 3.8) is 0 Å². The number of hydrogen-bond donors (Lipinski definition) is 2. The molecule has 0 aromatic carbocycles. The van der Waals surface area contributed by atoms with Gasteiger partial charge in [-0.25, -0.2) is 4.79 Å². The van der Waals surface area contributed by atoms with E-state index in [1.165, 1.54) is 7.11 Å². The molecular weight excluding hydrogens is 262 g/mol. The number of piperidine rings is 1. The number of hydrogen-bond acceptors (Lipinski definition) is 4. The maximum Gasteiger partial charge on any atom is 0.312 e. The lowest BCUT2D eigenvalue weighted by Crippen LogP contribution is -2.55. The summed E-state index contributed by atoms with van der Waals surface area (Å²) in [6.07, 6.45) is 1.46. The largest absolute Gasteiger partial charge is 0.469 e. The molecule has 1 aliphatic rings. The summed E-state index contributed by atoms with van der Waals surface area (Å²) in [6, 6.07) is -1.39. The summed E-state index contributed by atoms with van der Waals surface area (Å²) < 4.78 is 4.72. The van der Waals surface area contributed by atoms with Gasteiger partial charge in [-0.05, 0) is 18.8 Å². The predicted molar refractivity (Wildman–Crippen MR) is 72.7 cm³/mol. The van der Waals surface area contributed by atoms with E-state index in [2.05, 4.69) is 5.32 Å². The van der Waals surface area contributed by atoms with Gasteiger partial charge in [-0.1, -0.05) is 13.8 Å². The van der Waals surface area contributed by atoms with Crippen molar-refractivity contribution in [1.29, 1.82) is 0 Å². The van der Waals surface area contributed by atoms with E-state index in [1.54, 1.807) is 4.90 Å². The number of amides is 3. The van der Waals surface area contributed by atoms with Crippen LogP contribution in [0.25, 0.3) is 0 Å². The lowest BCUT2D eigenvalue weighted by Gasteiger charge is -2.34. The number of esters is 1. The van der Waals surface area contributed by atoms with Gasteiger partial charge in [0, 0.05) is 13.1 Å². The Morgan fingerprint density at radius 1 is 1.35 bits per heavy atom. The van der Waals surface area contributed by atoms with E-state index in [1.807, 2.05) is 13.8 Å². The van der Waals surface area contributed by atoms with Gasteiger partial charge in [-0.3, -0.25) is 9.59 Å². The van der Waals surface area contributed by atoms with Gasteiger partial charge in [-0.2, -0.15) is 0 Å². The van der Waals surface area contributed by atoms with E-state index in [0.717, 1.165) is 6.42 Å². The first-order valence-corrected chi connectivity index (χ1v) is 6.79. The molecule has 2 atom stereocenters. The van der Waals surface area contributed by atoms with Crippen LogP contribution in [0.3, 0.4) is 0 Å². The van der Waals surface area contributed by atoms with E-state index >= 15 is 0 Å². The fraction of sp³-hybridized carbons (Fsp3) is 0.769. The molecule has 20 heavy (non-hydrogen) atoms. The van der Waals surface area contributed by atoms with Gasteiger partial charge >= 0.3 is 12.0 Å². The van der Waals surface area contributed by atoms with Crippen molar-refractivity contribution in [3.8, 4) is 0 Å². The molecule has 114 valence electrons. The molecule has 1 saturated heterocycles. The highest BCUT2D eigenvalue weighted by atomic mass is 16.5. The molecule has 3 amide bonds. The quantitative estimate of drug-likeness (QED) is 0.715. The number of nitrogens with zero attached hydrogens (tertiary/aromatic N) is 1. The summed E-state index contributed by atoms with van der Waals surface area (Å²) in [5, 5.41) is 2.47. The van der Waals surface area contributed by atoms with Gasteiger partial charge in [0.05, 0.1) is 13.0 Å². The Morgan fingerprint density at radius 2 is 2.00 bits per heavy atom. The molecule has 1 aliphatic heterocycles. The molecule has 7 heteroatoms. The van der Waals surface area contributed by atoms with Crippen LogP contribution in [0.4, 0.5) is 4.79 Å². The number of methoxy groups -OCH3 is 1. The SMILES string of the molecule is COC(=O)[C@H]1CCCN(C(=O)C(NC(N)=O)C(C)C)C1. The van der Waals surface area contributed by atoms with Crippen LogP contribution in [0.1, 0.15) is 26.7 Å². The minimum Gasteiger partial charge on any atom is -0.469 e. The van der Waals surface area contributed by atoms with Crippen molar-refractivity contribution in [2.24, 2.45) is 17.6 Å². The highest BCUT2D eigenvalue weighted by molar-refractivity contribution is 5.87. The Morgan fingerprint density at radius 3 is 2.50 bits per heavy atom. The van der Waals surface area contributed by atoms with Gasteiger partial charge in [0.2, 0.25) is 5.91 Å². The number of likely N-dealkylation sites (tertiary alicyclic amines) is 1. The second-order valence-electron chi connectivity index (χ2n) is 5.38. The van der Waals surface area contributed by atoms with Gasteiger partial charge in [-0.15, -0.1) is 0 Å². The highest BCUT2D eigenvalue weighted by Gasteiger charge is 2.33. The average molecular weight is 285 g/mol. The Bertz CT molecular complexity index is 384. The molecule has 7 nitrogen and oxygen atoms in total. The third kappa shape index (κ3) is 4.11. The van der Waals surface area contributed by atoms with E-state index in [-0.39, 0.29) is 23.7 Å². The number of carbonyl (C=O) groups excluding carboxylic acids is 3. The summed E-state index contributed by atoms with van der Waals surface area (Å²) in [7, 11) is 1.34. The molecule has 0 spiro atoms. The lowest BCUT2D eigenvalue weighted by molar-refractivity contribution is -0.149. The summed E-state index contributed by atoms with van der Waals surface area (Å²) in [4.78, 5) is 36.6. The molecule has 0 aromatic rings. The topological polar surface area (TPSA) is 102 Å². The monoisotopic (exact) mass is 285 g/mol. The van der Waals surface area contributed by atoms with Crippen LogP contribution < -0.4 is 11.1 Å². The van der Waals surface area contributed by atoms with E-state index in [9.17, 15) is 14.4 Å². The van der Waals surface area contributed by atoms with Crippen LogP contribution in [0.2, 0.25) is 0 Å². The first-order chi connectivity index (χ1) is 9.36. The fourth-order valence-corrected chi connectivity index (χ4v) is 2.40. The molecular formula is C13H23N3O4. The molecule has 0 aliphatic carbocycles. The smallest absolute Gasteiger partial charge is 0.312 e. The van der Waals surface area contributed by atoms with Crippen molar-refractivity contribution in [3.05, 3.63) is 0 Å². The average Bonchev–Trinajstić information content (AvgIpc) is 2.42.